The van der Waals surface area contributed by atoms with Crippen LogP contribution in [0.4, 0.5) is 0 Å². The number of carbonyl (C=O) groups is 2. The van der Waals surface area contributed by atoms with Crippen LogP contribution in [0.15, 0.2) is 48.3 Å². The number of carbonyl (C=O) groups excluding carboxylic acids is 2. The molecular formula is C15H13NO4. The molecule has 102 valence electrons. The minimum absolute atomic E-state index is 0.0310. The number of imide groups is 1. The number of allylic oxidation sites excluding steroid dienone is 2. The van der Waals surface area contributed by atoms with Crippen LogP contribution in [0.1, 0.15) is 20.7 Å². The third-order valence-electron chi connectivity index (χ3n) is 3.62. The van der Waals surface area contributed by atoms with Gasteiger partial charge in [-0.25, -0.2) is 0 Å². The van der Waals surface area contributed by atoms with Crippen LogP contribution in [0.5, 0.6) is 0 Å². The molecule has 1 aromatic rings. The number of fused-ring (bicyclic) bond motifs is 1. The van der Waals surface area contributed by atoms with Gasteiger partial charge in [0, 0.05) is 6.54 Å². The summed E-state index contributed by atoms with van der Waals surface area (Å²) in [7, 11) is 0. The Balaban J connectivity index is 1.87. The lowest BCUT2D eigenvalue weighted by molar-refractivity contribution is 0.0563. The summed E-state index contributed by atoms with van der Waals surface area (Å²) in [6, 6.07) is 6.59. The predicted octanol–water partition coefficient (Wildman–Crippen LogP) is 1.27. The molecule has 1 aliphatic heterocycles. The van der Waals surface area contributed by atoms with Crippen molar-refractivity contribution in [1.29, 1.82) is 0 Å². The van der Waals surface area contributed by atoms with Gasteiger partial charge in [0.2, 0.25) is 0 Å². The highest BCUT2D eigenvalue weighted by Gasteiger charge is 2.38. The molecule has 1 aromatic carbocycles. The third kappa shape index (κ3) is 1.83. The van der Waals surface area contributed by atoms with Crippen LogP contribution in [0, 0.1) is 5.92 Å². The molecule has 0 saturated heterocycles. The molecule has 2 atom stereocenters. The first-order valence-corrected chi connectivity index (χ1v) is 6.30. The van der Waals surface area contributed by atoms with E-state index >= 15 is 0 Å². The van der Waals surface area contributed by atoms with Crippen molar-refractivity contribution in [2.45, 2.75) is 6.10 Å². The highest BCUT2D eigenvalue weighted by molar-refractivity contribution is 6.21. The van der Waals surface area contributed by atoms with Crippen molar-refractivity contribution in [2.24, 2.45) is 5.92 Å². The van der Waals surface area contributed by atoms with E-state index in [9.17, 15) is 19.8 Å². The molecule has 2 N–H and O–H groups in total. The summed E-state index contributed by atoms with van der Waals surface area (Å²) >= 11 is 0. The van der Waals surface area contributed by atoms with Crippen molar-refractivity contribution < 1.29 is 19.8 Å². The number of aliphatic hydroxyl groups excluding tert-OH is 2. The number of hydrogen-bond donors (Lipinski definition) is 2. The molecule has 0 aromatic heterocycles. The van der Waals surface area contributed by atoms with Gasteiger partial charge in [-0.05, 0) is 18.2 Å². The summed E-state index contributed by atoms with van der Waals surface area (Å²) in [5.41, 5.74) is 0.726. The molecule has 5 nitrogen and oxygen atoms in total. The van der Waals surface area contributed by atoms with Crippen LogP contribution in [-0.2, 0) is 0 Å². The van der Waals surface area contributed by atoms with E-state index in [2.05, 4.69) is 0 Å². The van der Waals surface area contributed by atoms with Crippen molar-refractivity contribution in [2.75, 3.05) is 6.54 Å². The summed E-state index contributed by atoms with van der Waals surface area (Å²) in [6.07, 6.45) is 3.60. The second-order valence-corrected chi connectivity index (χ2v) is 4.84. The fraction of sp³-hybridized carbons (Fsp3) is 0.200. The number of aliphatic hydroxyl groups is 2. The van der Waals surface area contributed by atoms with E-state index in [-0.39, 0.29) is 24.1 Å². The van der Waals surface area contributed by atoms with E-state index in [0.717, 1.165) is 4.90 Å². The van der Waals surface area contributed by atoms with Crippen LogP contribution in [0.25, 0.3) is 0 Å². The van der Waals surface area contributed by atoms with E-state index in [0.29, 0.717) is 11.1 Å². The van der Waals surface area contributed by atoms with Crippen LogP contribution in [-0.4, -0.2) is 39.6 Å². The summed E-state index contributed by atoms with van der Waals surface area (Å²) in [4.78, 5) is 25.5. The maximum absolute atomic E-state index is 12.2. The van der Waals surface area contributed by atoms with Crippen LogP contribution in [0.2, 0.25) is 0 Å². The Morgan fingerprint density at radius 1 is 1.10 bits per heavy atom. The third-order valence-corrected chi connectivity index (χ3v) is 3.62. The maximum Gasteiger partial charge on any atom is 0.261 e. The largest absolute Gasteiger partial charge is 0.512 e. The quantitative estimate of drug-likeness (QED) is 0.794. The van der Waals surface area contributed by atoms with Gasteiger partial charge >= 0.3 is 0 Å². The standard InChI is InChI=1S/C15H13NO4/c17-12-6-3-7-13(18)11(12)8-16-14(19)9-4-1-2-5-10(9)15(16)20/h1-7,11-12,17-18H,8H2. The zero-order valence-corrected chi connectivity index (χ0v) is 10.6. The van der Waals surface area contributed by atoms with E-state index < -0.39 is 12.0 Å². The Kier molecular flexibility index (Phi) is 2.91. The van der Waals surface area contributed by atoms with Gasteiger partial charge in [0.1, 0.15) is 5.76 Å². The van der Waals surface area contributed by atoms with E-state index in [1.54, 1.807) is 30.3 Å². The Morgan fingerprint density at radius 2 is 1.70 bits per heavy atom. The van der Waals surface area contributed by atoms with Gasteiger partial charge in [-0.15, -0.1) is 0 Å². The molecule has 2 amide bonds. The Morgan fingerprint density at radius 3 is 2.25 bits per heavy atom. The van der Waals surface area contributed by atoms with Gasteiger partial charge in [-0.3, -0.25) is 14.5 Å². The fourth-order valence-electron chi connectivity index (χ4n) is 2.50. The number of benzene rings is 1. The first kappa shape index (κ1) is 12.6. The van der Waals surface area contributed by atoms with Crippen molar-refractivity contribution in [3.05, 3.63) is 59.4 Å². The highest BCUT2D eigenvalue weighted by Crippen LogP contribution is 2.27. The molecule has 2 unspecified atom stereocenters. The van der Waals surface area contributed by atoms with Crippen LogP contribution in [0.3, 0.4) is 0 Å². The Bertz CT molecular complexity index is 612. The number of hydrogen-bond acceptors (Lipinski definition) is 4. The number of amides is 2. The summed E-state index contributed by atoms with van der Waals surface area (Å²) in [6.45, 7) is -0.0415. The molecule has 1 heterocycles. The molecular weight excluding hydrogens is 258 g/mol. The molecule has 1 aliphatic carbocycles. The molecule has 5 heteroatoms. The smallest absolute Gasteiger partial charge is 0.261 e. The minimum Gasteiger partial charge on any atom is -0.512 e. The molecule has 0 bridgehead atoms. The van der Waals surface area contributed by atoms with Crippen molar-refractivity contribution in [3.63, 3.8) is 0 Å². The van der Waals surface area contributed by atoms with E-state index in [4.69, 9.17) is 0 Å². The second kappa shape index (κ2) is 4.61. The molecule has 0 fully saturated rings. The van der Waals surface area contributed by atoms with Crippen molar-refractivity contribution in [3.8, 4) is 0 Å². The summed E-state index contributed by atoms with van der Waals surface area (Å²) in [5, 5.41) is 19.6. The lowest BCUT2D eigenvalue weighted by Crippen LogP contribution is -2.39. The Hall–Kier alpha value is -2.40. The van der Waals surface area contributed by atoms with Gasteiger partial charge in [0.05, 0.1) is 23.1 Å². The SMILES string of the molecule is O=C1c2ccccc2C(=O)N1CC1C(O)=CC=CC1O. The van der Waals surface area contributed by atoms with Gasteiger partial charge in [-0.1, -0.05) is 24.3 Å². The summed E-state index contributed by atoms with van der Waals surface area (Å²) < 4.78 is 0. The average molecular weight is 271 g/mol. The first-order valence-electron chi connectivity index (χ1n) is 6.30. The van der Waals surface area contributed by atoms with Gasteiger partial charge < -0.3 is 10.2 Å². The second-order valence-electron chi connectivity index (χ2n) is 4.84. The lowest BCUT2D eigenvalue weighted by atomic mass is 9.95. The van der Waals surface area contributed by atoms with Crippen LogP contribution < -0.4 is 0 Å². The topological polar surface area (TPSA) is 77.8 Å². The zero-order chi connectivity index (χ0) is 14.3. The lowest BCUT2D eigenvalue weighted by Gasteiger charge is -2.26. The minimum atomic E-state index is -0.913. The van der Waals surface area contributed by atoms with Crippen molar-refractivity contribution in [1.82, 2.24) is 4.90 Å². The molecule has 0 radical (unpaired) electrons. The fourth-order valence-corrected chi connectivity index (χ4v) is 2.50. The number of nitrogens with zero attached hydrogens (tertiary/aromatic N) is 1. The zero-order valence-electron chi connectivity index (χ0n) is 10.6. The predicted molar refractivity (Wildman–Crippen MR) is 71.2 cm³/mol. The van der Waals surface area contributed by atoms with E-state index in [1.165, 1.54) is 12.2 Å². The monoisotopic (exact) mass is 271 g/mol. The van der Waals surface area contributed by atoms with Gasteiger partial charge in [0.25, 0.3) is 11.8 Å². The Labute approximate surface area is 115 Å². The highest BCUT2D eigenvalue weighted by atomic mass is 16.3. The molecule has 20 heavy (non-hydrogen) atoms. The normalized spacial score (nSPS) is 24.9. The van der Waals surface area contributed by atoms with Gasteiger partial charge in [0.15, 0.2) is 0 Å². The van der Waals surface area contributed by atoms with Crippen LogP contribution >= 0.6 is 0 Å². The first-order chi connectivity index (χ1) is 9.59. The number of rotatable bonds is 2. The summed E-state index contributed by atoms with van der Waals surface area (Å²) in [5.74, 6) is -1.49. The maximum atomic E-state index is 12.2. The molecule has 0 spiro atoms. The average Bonchev–Trinajstić information content (AvgIpc) is 2.68. The molecule has 3 rings (SSSR count). The molecule has 0 saturated carbocycles. The van der Waals surface area contributed by atoms with Crippen molar-refractivity contribution >= 4 is 11.8 Å². The molecule has 2 aliphatic rings. The van der Waals surface area contributed by atoms with Gasteiger partial charge in [-0.2, -0.15) is 0 Å². The van der Waals surface area contributed by atoms with E-state index in [1.807, 2.05) is 0 Å².